The zero-order chi connectivity index (χ0) is 7.99. The minimum Gasteiger partial charge on any atom is -0.481 e. The fourth-order valence-electron chi connectivity index (χ4n) is 1.33. The van der Waals surface area contributed by atoms with Gasteiger partial charge in [0.2, 0.25) is 0 Å². The summed E-state index contributed by atoms with van der Waals surface area (Å²) in [4.78, 5) is 10.5. The molecule has 0 spiro atoms. The summed E-state index contributed by atoms with van der Waals surface area (Å²) in [5.41, 5.74) is -1.80. The number of carbonyl (C=O) groups is 1. The van der Waals surface area contributed by atoms with E-state index in [1.165, 1.54) is 0 Å². The van der Waals surface area contributed by atoms with E-state index in [4.69, 9.17) is 5.11 Å². The largest absolute Gasteiger partial charge is 0.481 e. The van der Waals surface area contributed by atoms with Gasteiger partial charge in [0.1, 0.15) is 0 Å². The maximum Gasteiger partial charge on any atom is 0.312 e. The summed E-state index contributed by atoms with van der Waals surface area (Å²) in [6.07, 6.45) is 0.918. The molecule has 0 heterocycles. The van der Waals surface area contributed by atoms with E-state index in [0.29, 0.717) is 12.8 Å². The highest BCUT2D eigenvalue weighted by Gasteiger charge is 2.67. The van der Waals surface area contributed by atoms with Gasteiger partial charge in [0, 0.05) is 0 Å². The Bertz CT molecular complexity index is 178. The van der Waals surface area contributed by atoms with Gasteiger partial charge in [-0.3, -0.25) is 4.79 Å². The van der Waals surface area contributed by atoms with Crippen LogP contribution in [0.4, 0.5) is 0 Å². The summed E-state index contributed by atoms with van der Waals surface area (Å²) in [7, 11) is 0. The van der Waals surface area contributed by atoms with Crippen LogP contribution in [0.5, 0.6) is 0 Å². The van der Waals surface area contributed by atoms with Gasteiger partial charge in [-0.25, -0.2) is 0 Å². The van der Waals surface area contributed by atoms with Crippen LogP contribution in [0.1, 0.15) is 26.7 Å². The molecule has 58 valence electrons. The van der Waals surface area contributed by atoms with E-state index in [2.05, 4.69) is 0 Å². The molecule has 2 unspecified atom stereocenters. The van der Waals surface area contributed by atoms with E-state index in [1.807, 2.05) is 0 Å². The average molecular weight is 144 g/mol. The Morgan fingerprint density at radius 3 is 2.30 bits per heavy atom. The van der Waals surface area contributed by atoms with E-state index in [9.17, 15) is 9.90 Å². The highest BCUT2D eigenvalue weighted by Crippen LogP contribution is 2.57. The number of hydrogen-bond acceptors (Lipinski definition) is 2. The van der Waals surface area contributed by atoms with Gasteiger partial charge in [-0.15, -0.1) is 0 Å². The van der Waals surface area contributed by atoms with Gasteiger partial charge < -0.3 is 10.2 Å². The average Bonchev–Trinajstić information content (AvgIpc) is 2.39. The molecule has 3 heteroatoms. The van der Waals surface area contributed by atoms with E-state index in [1.54, 1.807) is 13.8 Å². The molecule has 1 saturated carbocycles. The van der Waals surface area contributed by atoms with Crippen LogP contribution >= 0.6 is 0 Å². The lowest BCUT2D eigenvalue weighted by Gasteiger charge is -2.09. The van der Waals surface area contributed by atoms with Crippen molar-refractivity contribution in [1.29, 1.82) is 0 Å². The number of carboxylic acids is 1. The third-order valence-electron chi connectivity index (χ3n) is 2.61. The monoisotopic (exact) mass is 144 g/mol. The van der Waals surface area contributed by atoms with Gasteiger partial charge in [-0.1, -0.05) is 6.92 Å². The molecule has 1 fully saturated rings. The van der Waals surface area contributed by atoms with Crippen LogP contribution in [-0.2, 0) is 4.79 Å². The number of carboxylic acid groups (broad SMARTS) is 1. The SMILES string of the molecule is CCC1(O)CC1(C)C(=O)O. The Labute approximate surface area is 59.7 Å². The second-order valence-corrected chi connectivity index (χ2v) is 3.20. The quantitative estimate of drug-likeness (QED) is 0.597. The molecule has 0 radical (unpaired) electrons. The van der Waals surface area contributed by atoms with Crippen molar-refractivity contribution in [1.82, 2.24) is 0 Å². The van der Waals surface area contributed by atoms with E-state index >= 15 is 0 Å². The summed E-state index contributed by atoms with van der Waals surface area (Å²) in [6, 6.07) is 0. The molecular weight excluding hydrogens is 132 g/mol. The summed E-state index contributed by atoms with van der Waals surface area (Å²) in [6.45, 7) is 3.38. The van der Waals surface area contributed by atoms with E-state index < -0.39 is 17.0 Å². The van der Waals surface area contributed by atoms with E-state index in [-0.39, 0.29) is 0 Å². The van der Waals surface area contributed by atoms with Crippen molar-refractivity contribution in [2.45, 2.75) is 32.3 Å². The second kappa shape index (κ2) is 1.72. The third kappa shape index (κ3) is 0.669. The molecule has 0 aromatic rings. The lowest BCUT2D eigenvalue weighted by Crippen LogP contribution is -2.24. The minimum atomic E-state index is -0.932. The maximum absolute atomic E-state index is 10.5. The minimum absolute atomic E-state index is 0.395. The number of rotatable bonds is 2. The molecule has 10 heavy (non-hydrogen) atoms. The fourth-order valence-corrected chi connectivity index (χ4v) is 1.33. The molecule has 0 aromatic carbocycles. The lowest BCUT2D eigenvalue weighted by molar-refractivity contribution is -0.145. The summed E-state index contributed by atoms with van der Waals surface area (Å²) >= 11 is 0. The van der Waals surface area contributed by atoms with Gasteiger partial charge >= 0.3 is 5.97 Å². The molecule has 0 aromatic heterocycles. The van der Waals surface area contributed by atoms with Crippen molar-refractivity contribution in [3.05, 3.63) is 0 Å². The van der Waals surface area contributed by atoms with E-state index in [0.717, 1.165) is 0 Å². The van der Waals surface area contributed by atoms with Crippen molar-refractivity contribution < 1.29 is 15.0 Å². The first-order valence-electron chi connectivity index (χ1n) is 3.42. The molecule has 0 amide bonds. The van der Waals surface area contributed by atoms with Gasteiger partial charge in [0.25, 0.3) is 0 Å². The van der Waals surface area contributed by atoms with Crippen LogP contribution in [-0.4, -0.2) is 21.8 Å². The third-order valence-corrected chi connectivity index (χ3v) is 2.61. The van der Waals surface area contributed by atoms with Gasteiger partial charge in [-0.2, -0.15) is 0 Å². The molecule has 2 atom stereocenters. The van der Waals surface area contributed by atoms with Crippen LogP contribution in [0.2, 0.25) is 0 Å². The number of aliphatic hydroxyl groups is 1. The smallest absolute Gasteiger partial charge is 0.312 e. The zero-order valence-corrected chi connectivity index (χ0v) is 6.22. The molecule has 2 N–H and O–H groups in total. The first-order valence-corrected chi connectivity index (χ1v) is 3.42. The Morgan fingerprint density at radius 1 is 1.70 bits per heavy atom. The lowest BCUT2D eigenvalue weighted by atomic mass is 10.0. The van der Waals surface area contributed by atoms with Crippen LogP contribution in [0.25, 0.3) is 0 Å². The van der Waals surface area contributed by atoms with Crippen LogP contribution < -0.4 is 0 Å². The predicted octanol–water partition coefficient (Wildman–Crippen LogP) is 0.622. The molecule has 1 rings (SSSR count). The van der Waals surface area contributed by atoms with Gasteiger partial charge in [0.15, 0.2) is 0 Å². The van der Waals surface area contributed by atoms with Gasteiger partial charge in [0.05, 0.1) is 11.0 Å². The maximum atomic E-state index is 10.5. The highest BCUT2D eigenvalue weighted by atomic mass is 16.4. The highest BCUT2D eigenvalue weighted by molar-refractivity contribution is 5.80. The fraction of sp³-hybridized carbons (Fsp3) is 0.857. The predicted molar refractivity (Wildman–Crippen MR) is 35.6 cm³/mol. The van der Waals surface area contributed by atoms with Crippen molar-refractivity contribution in [3.8, 4) is 0 Å². The van der Waals surface area contributed by atoms with Crippen LogP contribution in [0.3, 0.4) is 0 Å². The molecule has 1 aliphatic carbocycles. The molecule has 0 aliphatic heterocycles. The zero-order valence-electron chi connectivity index (χ0n) is 6.22. The van der Waals surface area contributed by atoms with Crippen molar-refractivity contribution >= 4 is 5.97 Å². The molecule has 3 nitrogen and oxygen atoms in total. The van der Waals surface area contributed by atoms with Gasteiger partial charge in [-0.05, 0) is 19.8 Å². The van der Waals surface area contributed by atoms with Crippen LogP contribution in [0, 0.1) is 5.41 Å². The molecule has 0 saturated heterocycles. The molecule has 1 aliphatic rings. The number of aliphatic carboxylic acids is 1. The Balaban J connectivity index is 2.72. The topological polar surface area (TPSA) is 57.5 Å². The van der Waals surface area contributed by atoms with Crippen molar-refractivity contribution in [2.24, 2.45) is 5.41 Å². The van der Waals surface area contributed by atoms with Crippen molar-refractivity contribution in [2.75, 3.05) is 0 Å². The standard InChI is InChI=1S/C7H12O3/c1-3-7(10)4-6(7,2)5(8)9/h10H,3-4H2,1-2H3,(H,8,9). The molecule has 0 bridgehead atoms. The summed E-state index contributed by atoms with van der Waals surface area (Å²) in [5.74, 6) is -0.892. The normalized spacial score (nSPS) is 45.1. The summed E-state index contributed by atoms with van der Waals surface area (Å²) in [5, 5.41) is 18.1. The van der Waals surface area contributed by atoms with Crippen LogP contribution in [0.15, 0.2) is 0 Å². The number of hydrogen-bond donors (Lipinski definition) is 2. The summed E-state index contributed by atoms with van der Waals surface area (Å²) < 4.78 is 0. The molecular formula is C7H12O3. The Kier molecular flexibility index (Phi) is 1.30. The Hall–Kier alpha value is -0.570. The first kappa shape index (κ1) is 7.54. The second-order valence-electron chi connectivity index (χ2n) is 3.20. The van der Waals surface area contributed by atoms with Crippen molar-refractivity contribution in [3.63, 3.8) is 0 Å². The Morgan fingerprint density at radius 2 is 2.20 bits per heavy atom. The first-order chi connectivity index (χ1) is 4.46.